The Bertz CT molecular complexity index is 456. The van der Waals surface area contributed by atoms with Crippen LogP contribution in [0.4, 0.5) is 5.95 Å². The first kappa shape index (κ1) is 16.9. The van der Waals surface area contributed by atoms with Gasteiger partial charge in [-0.3, -0.25) is 4.79 Å². The summed E-state index contributed by atoms with van der Waals surface area (Å²) in [6, 6.07) is 0. The summed E-state index contributed by atoms with van der Waals surface area (Å²) in [7, 11) is 0. The van der Waals surface area contributed by atoms with E-state index >= 15 is 0 Å². The first-order valence-corrected chi connectivity index (χ1v) is 4.97. The van der Waals surface area contributed by atoms with E-state index in [4.69, 9.17) is 0 Å². The van der Waals surface area contributed by atoms with Crippen molar-refractivity contribution >= 4 is 11.9 Å². The SMILES string of the molecule is C[C-]=C(C)CNC(=O)Cn1ccnc1[N+](=O)[O-].[Y]. The van der Waals surface area contributed by atoms with Gasteiger partial charge in [0.15, 0.2) is 6.54 Å². The molecule has 0 unspecified atom stereocenters. The van der Waals surface area contributed by atoms with Crippen molar-refractivity contribution in [3.05, 3.63) is 34.2 Å². The second kappa shape index (κ2) is 8.10. The molecule has 1 amide bonds. The first-order valence-electron chi connectivity index (χ1n) is 4.97. The van der Waals surface area contributed by atoms with Crippen LogP contribution >= 0.6 is 0 Å². The zero-order valence-electron chi connectivity index (χ0n) is 10.2. The monoisotopic (exact) mass is 326 g/mol. The Balaban J connectivity index is 0.00000289. The molecule has 8 heteroatoms. The standard InChI is InChI=1S/C10H13N4O3.Y/c1-3-8(2)6-12-9(15)7-13-5-4-11-10(13)14(16)17;/h4-5H,6-7H2,1-2H3,(H,12,15);/q-1;. The van der Waals surface area contributed by atoms with Crippen LogP contribution in [0, 0.1) is 16.2 Å². The van der Waals surface area contributed by atoms with Crippen molar-refractivity contribution < 1.29 is 42.4 Å². The van der Waals surface area contributed by atoms with Gasteiger partial charge in [0.2, 0.25) is 0 Å². The molecule has 0 fully saturated rings. The maximum atomic E-state index is 11.5. The van der Waals surface area contributed by atoms with Gasteiger partial charge < -0.3 is 21.5 Å². The molecule has 0 saturated heterocycles. The number of carbonyl (C=O) groups is 1. The molecule has 0 bridgehead atoms. The molecule has 1 radical (unpaired) electrons. The number of rotatable bonds is 5. The van der Waals surface area contributed by atoms with Crippen molar-refractivity contribution in [3.8, 4) is 0 Å². The second-order valence-corrected chi connectivity index (χ2v) is 3.42. The molecule has 7 nitrogen and oxygen atoms in total. The van der Waals surface area contributed by atoms with Crippen LogP contribution in [0.15, 0.2) is 18.0 Å². The fourth-order valence-electron chi connectivity index (χ4n) is 1.13. The molecule has 1 rings (SSSR count). The summed E-state index contributed by atoms with van der Waals surface area (Å²) in [6.07, 6.45) is 5.57. The minimum absolute atomic E-state index is 0. The van der Waals surface area contributed by atoms with Gasteiger partial charge in [-0.15, -0.1) is 0 Å². The summed E-state index contributed by atoms with van der Waals surface area (Å²) >= 11 is 0. The Hall–Kier alpha value is -1.08. The third-order valence-electron chi connectivity index (χ3n) is 2.15. The summed E-state index contributed by atoms with van der Waals surface area (Å²) in [4.78, 5) is 25.0. The van der Waals surface area contributed by atoms with Gasteiger partial charge in [0.1, 0.15) is 12.4 Å². The largest absolute Gasteiger partial charge is 0.499 e. The summed E-state index contributed by atoms with van der Waals surface area (Å²) in [5.74, 6) is -0.643. The molecule has 1 heterocycles. The number of imidazole rings is 1. The molecule has 1 N–H and O–H groups in total. The van der Waals surface area contributed by atoms with Crippen molar-refractivity contribution in [1.29, 1.82) is 0 Å². The van der Waals surface area contributed by atoms with Gasteiger partial charge in [0.25, 0.3) is 5.91 Å². The molecular weight excluding hydrogens is 313 g/mol. The molecular formula is C10H13N4O3Y-. The van der Waals surface area contributed by atoms with Gasteiger partial charge in [-0.2, -0.15) is 6.92 Å². The molecule has 0 aromatic carbocycles. The zero-order valence-corrected chi connectivity index (χ0v) is 13.1. The number of amides is 1. The zero-order chi connectivity index (χ0) is 12.8. The van der Waals surface area contributed by atoms with E-state index in [0.29, 0.717) is 6.54 Å². The number of carbonyl (C=O) groups excluding carboxylic acids is 1. The maximum Gasteiger partial charge on any atom is 0.435 e. The van der Waals surface area contributed by atoms with Crippen LogP contribution < -0.4 is 5.32 Å². The van der Waals surface area contributed by atoms with Crippen molar-refractivity contribution in [2.45, 2.75) is 20.4 Å². The molecule has 1 aromatic rings. The van der Waals surface area contributed by atoms with Gasteiger partial charge >= 0.3 is 5.95 Å². The molecule has 0 saturated carbocycles. The van der Waals surface area contributed by atoms with Gasteiger partial charge in [0.05, 0.1) is 0 Å². The minimum Gasteiger partial charge on any atom is -0.499 e. The molecule has 95 valence electrons. The Labute approximate surface area is 130 Å². The van der Waals surface area contributed by atoms with Crippen molar-refractivity contribution in [1.82, 2.24) is 14.9 Å². The Morgan fingerprint density at radius 3 is 2.89 bits per heavy atom. The normalized spacial score (nSPS) is 10.7. The van der Waals surface area contributed by atoms with E-state index in [1.54, 1.807) is 6.92 Å². The third kappa shape index (κ3) is 5.06. The summed E-state index contributed by atoms with van der Waals surface area (Å²) in [5, 5.41) is 13.2. The molecule has 0 aliphatic rings. The Kier molecular flexibility index (Phi) is 7.62. The van der Waals surface area contributed by atoms with E-state index in [1.807, 2.05) is 6.92 Å². The fourth-order valence-corrected chi connectivity index (χ4v) is 1.13. The molecule has 18 heavy (non-hydrogen) atoms. The number of nitrogens with zero attached hydrogens (tertiary/aromatic N) is 3. The maximum absolute atomic E-state index is 11.5. The number of nitro groups is 1. The van der Waals surface area contributed by atoms with E-state index in [9.17, 15) is 14.9 Å². The van der Waals surface area contributed by atoms with Crippen molar-refractivity contribution in [3.63, 3.8) is 0 Å². The molecule has 0 atom stereocenters. The topological polar surface area (TPSA) is 90.1 Å². The smallest absolute Gasteiger partial charge is 0.435 e. The van der Waals surface area contributed by atoms with Crippen LogP contribution in [-0.2, 0) is 44.0 Å². The van der Waals surface area contributed by atoms with Crippen LogP contribution in [0.5, 0.6) is 0 Å². The second-order valence-electron chi connectivity index (χ2n) is 3.42. The number of nitrogens with one attached hydrogen (secondary N) is 1. The van der Waals surface area contributed by atoms with Crippen LogP contribution in [-0.4, -0.2) is 26.9 Å². The van der Waals surface area contributed by atoms with Crippen LogP contribution in [0.1, 0.15) is 13.8 Å². The fraction of sp³-hybridized carbons (Fsp3) is 0.400. The first-order chi connectivity index (χ1) is 8.04. The number of aromatic nitrogens is 2. The van der Waals surface area contributed by atoms with Crippen LogP contribution in [0.2, 0.25) is 0 Å². The van der Waals surface area contributed by atoms with Crippen molar-refractivity contribution in [2.24, 2.45) is 0 Å². The van der Waals surface area contributed by atoms with E-state index < -0.39 is 4.92 Å². The number of allylic oxidation sites excluding steroid dienone is 1. The molecule has 1 aromatic heterocycles. The average molecular weight is 326 g/mol. The number of hydrogen-bond donors (Lipinski definition) is 1. The summed E-state index contributed by atoms with van der Waals surface area (Å²) in [5.41, 5.74) is 0.901. The third-order valence-corrected chi connectivity index (χ3v) is 2.15. The van der Waals surface area contributed by atoms with E-state index in [-0.39, 0.29) is 51.1 Å². The Morgan fingerprint density at radius 1 is 1.67 bits per heavy atom. The van der Waals surface area contributed by atoms with Crippen LogP contribution in [0.3, 0.4) is 0 Å². The van der Waals surface area contributed by atoms with E-state index in [1.165, 1.54) is 17.0 Å². The predicted molar refractivity (Wildman–Crippen MR) is 60.0 cm³/mol. The van der Waals surface area contributed by atoms with Gasteiger partial charge in [0, 0.05) is 39.3 Å². The molecule has 0 spiro atoms. The molecule has 0 aliphatic heterocycles. The summed E-state index contributed by atoms with van der Waals surface area (Å²) < 4.78 is 1.18. The van der Waals surface area contributed by atoms with Gasteiger partial charge in [-0.25, -0.2) is 10.1 Å². The van der Waals surface area contributed by atoms with Crippen molar-refractivity contribution in [2.75, 3.05) is 6.54 Å². The quantitative estimate of drug-likeness (QED) is 0.489. The average Bonchev–Trinajstić information content (AvgIpc) is 2.74. The van der Waals surface area contributed by atoms with E-state index in [0.717, 1.165) is 5.57 Å². The number of hydrogen-bond acceptors (Lipinski definition) is 4. The predicted octanol–water partition coefficient (Wildman–Crippen LogP) is 0.674. The Morgan fingerprint density at radius 2 is 2.33 bits per heavy atom. The van der Waals surface area contributed by atoms with Crippen LogP contribution in [0.25, 0.3) is 0 Å². The van der Waals surface area contributed by atoms with Gasteiger partial charge in [-0.05, 0) is 4.92 Å². The van der Waals surface area contributed by atoms with Gasteiger partial charge in [-0.1, -0.05) is 11.9 Å². The minimum atomic E-state index is -0.627. The molecule has 0 aliphatic carbocycles. The van der Waals surface area contributed by atoms with E-state index in [2.05, 4.69) is 16.4 Å². The summed E-state index contributed by atoms with van der Waals surface area (Å²) in [6.45, 7) is 3.85.